The normalized spacial score (nSPS) is 23.7. The lowest BCUT2D eigenvalue weighted by Crippen LogP contribution is -2.29. The van der Waals surface area contributed by atoms with Crippen LogP contribution in [-0.4, -0.2) is 17.4 Å². The molecule has 1 saturated carbocycles. The highest BCUT2D eigenvalue weighted by Crippen LogP contribution is 2.28. The standard InChI is InChI=1S/C13H18ClN3O/c14-12-6-5-11(8-16-12)17-13(18)10-3-1-9(7-15)2-4-10/h5-6,8-10H,1-4,7,15H2,(H,17,18). The third kappa shape index (κ3) is 3.43. The van der Waals surface area contributed by atoms with E-state index in [0.29, 0.717) is 16.8 Å². The topological polar surface area (TPSA) is 68.0 Å². The third-order valence-electron chi connectivity index (χ3n) is 3.55. The Morgan fingerprint density at radius 2 is 2.11 bits per heavy atom. The first-order valence-corrected chi connectivity index (χ1v) is 6.69. The van der Waals surface area contributed by atoms with E-state index in [2.05, 4.69) is 10.3 Å². The minimum absolute atomic E-state index is 0.0783. The zero-order chi connectivity index (χ0) is 13.0. The summed E-state index contributed by atoms with van der Waals surface area (Å²) >= 11 is 5.69. The number of nitrogens with zero attached hydrogens (tertiary/aromatic N) is 1. The van der Waals surface area contributed by atoms with Gasteiger partial charge in [0.2, 0.25) is 5.91 Å². The van der Waals surface area contributed by atoms with Crippen molar-refractivity contribution in [3.8, 4) is 0 Å². The molecule has 1 heterocycles. The van der Waals surface area contributed by atoms with Crippen LogP contribution >= 0.6 is 11.6 Å². The summed E-state index contributed by atoms with van der Waals surface area (Å²) in [5, 5.41) is 3.31. The van der Waals surface area contributed by atoms with Crippen LogP contribution in [0.3, 0.4) is 0 Å². The van der Waals surface area contributed by atoms with E-state index < -0.39 is 0 Å². The van der Waals surface area contributed by atoms with E-state index >= 15 is 0 Å². The van der Waals surface area contributed by atoms with Gasteiger partial charge in [0.15, 0.2) is 0 Å². The van der Waals surface area contributed by atoms with E-state index in [0.717, 1.165) is 32.2 Å². The van der Waals surface area contributed by atoms with Crippen molar-refractivity contribution < 1.29 is 4.79 Å². The Hall–Kier alpha value is -1.13. The summed E-state index contributed by atoms with van der Waals surface area (Å²) in [6.45, 7) is 0.732. The van der Waals surface area contributed by atoms with E-state index in [1.54, 1.807) is 18.3 Å². The third-order valence-corrected chi connectivity index (χ3v) is 3.77. The van der Waals surface area contributed by atoms with Crippen molar-refractivity contribution in [2.75, 3.05) is 11.9 Å². The predicted octanol–water partition coefficient (Wildman–Crippen LogP) is 2.44. The van der Waals surface area contributed by atoms with Gasteiger partial charge in [-0.2, -0.15) is 0 Å². The van der Waals surface area contributed by atoms with Gasteiger partial charge in [-0.1, -0.05) is 11.6 Å². The van der Waals surface area contributed by atoms with Crippen molar-refractivity contribution in [2.45, 2.75) is 25.7 Å². The zero-order valence-electron chi connectivity index (χ0n) is 10.2. The van der Waals surface area contributed by atoms with Gasteiger partial charge in [0.05, 0.1) is 11.9 Å². The average Bonchev–Trinajstić information content (AvgIpc) is 2.41. The summed E-state index contributed by atoms with van der Waals surface area (Å²) in [5.41, 5.74) is 6.34. The largest absolute Gasteiger partial charge is 0.330 e. The lowest BCUT2D eigenvalue weighted by atomic mass is 9.81. The molecule has 18 heavy (non-hydrogen) atoms. The smallest absolute Gasteiger partial charge is 0.227 e. The van der Waals surface area contributed by atoms with Crippen LogP contribution in [0.25, 0.3) is 0 Å². The molecule has 0 radical (unpaired) electrons. The van der Waals surface area contributed by atoms with Gasteiger partial charge < -0.3 is 11.1 Å². The number of carbonyl (C=O) groups is 1. The number of pyridine rings is 1. The molecule has 0 bridgehead atoms. The molecule has 0 aromatic carbocycles. The van der Waals surface area contributed by atoms with Gasteiger partial charge >= 0.3 is 0 Å². The molecule has 1 aromatic heterocycles. The first-order valence-electron chi connectivity index (χ1n) is 6.31. The summed E-state index contributed by atoms with van der Waals surface area (Å²) in [5.74, 6) is 0.768. The minimum atomic E-state index is 0.0783. The average molecular weight is 268 g/mol. The summed E-state index contributed by atoms with van der Waals surface area (Å²) in [7, 11) is 0. The monoisotopic (exact) mass is 267 g/mol. The Labute approximate surface area is 112 Å². The molecule has 1 aromatic rings. The van der Waals surface area contributed by atoms with Crippen molar-refractivity contribution in [3.05, 3.63) is 23.5 Å². The summed E-state index contributed by atoms with van der Waals surface area (Å²) < 4.78 is 0. The molecule has 0 unspecified atom stereocenters. The fraction of sp³-hybridized carbons (Fsp3) is 0.538. The Balaban J connectivity index is 1.87. The Morgan fingerprint density at radius 3 is 2.67 bits per heavy atom. The second-order valence-electron chi connectivity index (χ2n) is 4.81. The van der Waals surface area contributed by atoms with Gasteiger partial charge in [0.1, 0.15) is 5.15 Å². The van der Waals surface area contributed by atoms with Crippen LogP contribution in [0.5, 0.6) is 0 Å². The maximum absolute atomic E-state index is 12.0. The molecule has 4 nitrogen and oxygen atoms in total. The lowest BCUT2D eigenvalue weighted by molar-refractivity contribution is -0.121. The Kier molecular flexibility index (Phi) is 4.55. The van der Waals surface area contributed by atoms with Crippen LogP contribution in [-0.2, 0) is 4.79 Å². The van der Waals surface area contributed by atoms with Crippen molar-refractivity contribution in [1.29, 1.82) is 0 Å². The van der Waals surface area contributed by atoms with E-state index in [1.807, 2.05) is 0 Å². The van der Waals surface area contributed by atoms with Gasteiger partial charge in [-0.3, -0.25) is 4.79 Å². The number of aromatic nitrogens is 1. The summed E-state index contributed by atoms with van der Waals surface area (Å²) in [6.07, 6.45) is 5.52. The van der Waals surface area contributed by atoms with Crippen LogP contribution in [0.15, 0.2) is 18.3 Å². The maximum atomic E-state index is 12.0. The van der Waals surface area contributed by atoms with E-state index in [9.17, 15) is 4.79 Å². The molecule has 0 atom stereocenters. The number of carbonyl (C=O) groups excluding carboxylic acids is 1. The fourth-order valence-corrected chi connectivity index (χ4v) is 2.47. The number of rotatable bonds is 3. The lowest BCUT2D eigenvalue weighted by Gasteiger charge is -2.26. The second-order valence-corrected chi connectivity index (χ2v) is 5.20. The Morgan fingerprint density at radius 1 is 1.39 bits per heavy atom. The van der Waals surface area contributed by atoms with Crippen molar-refractivity contribution in [2.24, 2.45) is 17.6 Å². The van der Waals surface area contributed by atoms with Gasteiger partial charge in [-0.25, -0.2) is 4.98 Å². The van der Waals surface area contributed by atoms with E-state index in [-0.39, 0.29) is 11.8 Å². The number of halogens is 1. The first-order chi connectivity index (χ1) is 8.69. The van der Waals surface area contributed by atoms with Gasteiger partial charge in [0, 0.05) is 5.92 Å². The summed E-state index contributed by atoms with van der Waals surface area (Å²) in [4.78, 5) is 16.0. The molecule has 1 aliphatic carbocycles. The number of anilines is 1. The number of amides is 1. The number of nitrogens with two attached hydrogens (primary N) is 1. The molecule has 3 N–H and O–H groups in total. The van der Waals surface area contributed by atoms with Crippen molar-refractivity contribution >= 4 is 23.2 Å². The van der Waals surface area contributed by atoms with Crippen molar-refractivity contribution in [3.63, 3.8) is 0 Å². The highest BCUT2D eigenvalue weighted by atomic mass is 35.5. The quantitative estimate of drug-likeness (QED) is 0.827. The number of hydrogen-bond acceptors (Lipinski definition) is 3. The molecule has 2 rings (SSSR count). The van der Waals surface area contributed by atoms with Crippen molar-refractivity contribution in [1.82, 2.24) is 4.98 Å². The van der Waals surface area contributed by atoms with Crippen LogP contribution in [0, 0.1) is 11.8 Å². The highest BCUT2D eigenvalue weighted by molar-refractivity contribution is 6.29. The molecule has 5 heteroatoms. The van der Waals surface area contributed by atoms with E-state index in [4.69, 9.17) is 17.3 Å². The Bertz CT molecular complexity index is 399. The maximum Gasteiger partial charge on any atom is 0.227 e. The molecule has 98 valence electrons. The van der Waals surface area contributed by atoms with Crippen LogP contribution in [0.2, 0.25) is 5.15 Å². The molecule has 1 fully saturated rings. The van der Waals surface area contributed by atoms with Crippen LogP contribution < -0.4 is 11.1 Å². The van der Waals surface area contributed by atoms with Gasteiger partial charge in [-0.05, 0) is 50.3 Å². The minimum Gasteiger partial charge on any atom is -0.330 e. The molecule has 0 saturated heterocycles. The summed E-state index contributed by atoms with van der Waals surface area (Å²) in [6, 6.07) is 3.43. The molecular weight excluding hydrogens is 250 g/mol. The molecular formula is C13H18ClN3O. The van der Waals surface area contributed by atoms with Gasteiger partial charge in [0.25, 0.3) is 0 Å². The molecule has 0 aliphatic heterocycles. The highest BCUT2D eigenvalue weighted by Gasteiger charge is 2.25. The molecule has 1 amide bonds. The van der Waals surface area contributed by atoms with Crippen LogP contribution in [0.4, 0.5) is 5.69 Å². The first kappa shape index (κ1) is 13.3. The molecule has 1 aliphatic rings. The molecule has 0 spiro atoms. The number of hydrogen-bond donors (Lipinski definition) is 2. The fourth-order valence-electron chi connectivity index (χ4n) is 2.35. The van der Waals surface area contributed by atoms with Gasteiger partial charge in [-0.15, -0.1) is 0 Å². The number of nitrogens with one attached hydrogen (secondary N) is 1. The zero-order valence-corrected chi connectivity index (χ0v) is 11.0. The predicted molar refractivity (Wildman–Crippen MR) is 72.4 cm³/mol. The second kappa shape index (κ2) is 6.16. The van der Waals surface area contributed by atoms with Crippen LogP contribution in [0.1, 0.15) is 25.7 Å². The van der Waals surface area contributed by atoms with E-state index in [1.165, 1.54) is 0 Å². The SMILES string of the molecule is NCC1CCC(C(=O)Nc2ccc(Cl)nc2)CC1.